The number of nitrogens with zero attached hydrogens (tertiary/aromatic N) is 1. The van der Waals surface area contributed by atoms with Crippen LogP contribution in [0.2, 0.25) is 0 Å². The molecule has 2 nitrogen and oxygen atoms in total. The fraction of sp³-hybridized carbons (Fsp3) is 1.00. The lowest BCUT2D eigenvalue weighted by atomic mass is 9.83. The van der Waals surface area contributed by atoms with Crippen molar-refractivity contribution in [2.75, 3.05) is 31.1 Å². The van der Waals surface area contributed by atoms with E-state index in [0.717, 1.165) is 6.54 Å². The molecule has 1 aliphatic rings. The van der Waals surface area contributed by atoms with Gasteiger partial charge in [0.2, 0.25) is 0 Å². The fourth-order valence-electron chi connectivity index (χ4n) is 2.84. The summed E-state index contributed by atoms with van der Waals surface area (Å²) in [6.45, 7) is 15.2. The topological polar surface area (TPSA) is 15.3 Å². The summed E-state index contributed by atoms with van der Waals surface area (Å²) in [5.74, 6) is 2.51. The summed E-state index contributed by atoms with van der Waals surface area (Å²) in [7, 11) is 0. The minimum atomic E-state index is 0.349. The molecule has 0 amide bonds. The van der Waals surface area contributed by atoms with Crippen molar-refractivity contribution in [3.63, 3.8) is 0 Å². The van der Waals surface area contributed by atoms with E-state index in [1.54, 1.807) is 0 Å². The predicted molar refractivity (Wildman–Crippen MR) is 84.6 cm³/mol. The Morgan fingerprint density at radius 3 is 2.28 bits per heavy atom. The second-order valence-corrected chi connectivity index (χ2v) is 7.20. The van der Waals surface area contributed by atoms with E-state index in [0.29, 0.717) is 11.1 Å². The number of rotatable bonds is 7. The first-order chi connectivity index (χ1) is 8.55. The average molecular weight is 273 g/mol. The summed E-state index contributed by atoms with van der Waals surface area (Å²) in [6, 6.07) is 0. The van der Waals surface area contributed by atoms with Crippen LogP contribution in [0.25, 0.3) is 0 Å². The molecule has 1 unspecified atom stereocenters. The molecule has 0 bridgehead atoms. The fourth-order valence-corrected chi connectivity index (χ4v) is 3.48. The number of hydrogen-bond donors (Lipinski definition) is 1. The average Bonchev–Trinajstić information content (AvgIpc) is 2.41. The van der Waals surface area contributed by atoms with Crippen LogP contribution in [-0.4, -0.2) is 47.1 Å². The Hall–Kier alpha value is 0.270. The van der Waals surface area contributed by atoms with Crippen molar-refractivity contribution in [2.24, 2.45) is 0 Å². The number of nitrogens with one attached hydrogen (secondary N) is 1. The second kappa shape index (κ2) is 7.16. The van der Waals surface area contributed by atoms with Gasteiger partial charge in [0, 0.05) is 36.5 Å². The van der Waals surface area contributed by atoms with Gasteiger partial charge >= 0.3 is 0 Å². The summed E-state index contributed by atoms with van der Waals surface area (Å²) >= 11 is 2.07. The molecule has 1 saturated heterocycles. The molecule has 18 heavy (non-hydrogen) atoms. The quantitative estimate of drug-likeness (QED) is 0.715. The van der Waals surface area contributed by atoms with Crippen LogP contribution in [-0.2, 0) is 0 Å². The Kier molecular flexibility index (Phi) is 6.49. The van der Waals surface area contributed by atoms with Gasteiger partial charge < -0.3 is 5.32 Å². The standard InChI is InChI=1S/C15H32N2S/c1-6-14(5)12-16-15(7-2,8-3)13-17(14)10-11-18-9-4/h16H,6-13H2,1-5H3. The Labute approximate surface area is 118 Å². The molecule has 0 aromatic heterocycles. The van der Waals surface area contributed by atoms with E-state index < -0.39 is 0 Å². The minimum absolute atomic E-state index is 0.349. The van der Waals surface area contributed by atoms with Gasteiger partial charge in [0.1, 0.15) is 0 Å². The summed E-state index contributed by atoms with van der Waals surface area (Å²) in [5, 5.41) is 3.85. The zero-order chi connectivity index (χ0) is 13.6. The van der Waals surface area contributed by atoms with Crippen LogP contribution in [0.3, 0.4) is 0 Å². The third-order valence-corrected chi connectivity index (χ3v) is 5.81. The van der Waals surface area contributed by atoms with Crippen molar-refractivity contribution >= 4 is 11.8 Å². The van der Waals surface area contributed by atoms with Crippen LogP contribution in [0.15, 0.2) is 0 Å². The molecule has 0 aliphatic carbocycles. The molecule has 0 spiro atoms. The van der Waals surface area contributed by atoms with E-state index in [1.807, 2.05) is 0 Å². The largest absolute Gasteiger partial charge is 0.308 e. The summed E-state index contributed by atoms with van der Waals surface area (Å²) in [6.07, 6.45) is 3.71. The molecule has 0 saturated carbocycles. The van der Waals surface area contributed by atoms with Crippen LogP contribution < -0.4 is 5.32 Å². The third-order valence-electron chi connectivity index (χ3n) is 4.93. The summed E-state index contributed by atoms with van der Waals surface area (Å²) in [4.78, 5) is 2.75. The van der Waals surface area contributed by atoms with E-state index in [-0.39, 0.29) is 0 Å². The van der Waals surface area contributed by atoms with Crippen molar-refractivity contribution in [3.05, 3.63) is 0 Å². The predicted octanol–water partition coefficient (Wildman–Crippen LogP) is 3.37. The number of hydrogen-bond acceptors (Lipinski definition) is 3. The van der Waals surface area contributed by atoms with E-state index in [4.69, 9.17) is 0 Å². The smallest absolute Gasteiger partial charge is 0.0304 e. The summed E-state index contributed by atoms with van der Waals surface area (Å²) < 4.78 is 0. The van der Waals surface area contributed by atoms with Crippen LogP contribution in [0.4, 0.5) is 0 Å². The first-order valence-corrected chi connectivity index (χ1v) is 8.79. The first kappa shape index (κ1) is 16.3. The van der Waals surface area contributed by atoms with Gasteiger partial charge in [0.15, 0.2) is 0 Å². The SMILES string of the molecule is CCSCCN1CC(CC)(CC)NCC1(C)CC. The molecule has 1 atom stereocenters. The molecule has 108 valence electrons. The maximum Gasteiger partial charge on any atom is 0.0304 e. The van der Waals surface area contributed by atoms with Crippen LogP contribution in [0.1, 0.15) is 53.9 Å². The molecule has 1 aliphatic heterocycles. The Morgan fingerprint density at radius 1 is 1.11 bits per heavy atom. The molecular formula is C15H32N2S. The first-order valence-electron chi connectivity index (χ1n) is 7.63. The maximum absolute atomic E-state index is 3.85. The monoisotopic (exact) mass is 272 g/mol. The van der Waals surface area contributed by atoms with Crippen LogP contribution in [0, 0.1) is 0 Å². The highest BCUT2D eigenvalue weighted by Crippen LogP contribution is 2.30. The van der Waals surface area contributed by atoms with E-state index in [9.17, 15) is 0 Å². The highest BCUT2D eigenvalue weighted by Gasteiger charge is 2.41. The zero-order valence-corrected chi connectivity index (χ0v) is 13.8. The molecule has 1 fully saturated rings. The lowest BCUT2D eigenvalue weighted by Crippen LogP contribution is -2.68. The Bertz CT molecular complexity index is 241. The van der Waals surface area contributed by atoms with E-state index in [2.05, 4.69) is 56.6 Å². The second-order valence-electron chi connectivity index (χ2n) is 5.81. The Balaban J connectivity index is 2.70. The normalized spacial score (nSPS) is 28.5. The molecule has 3 heteroatoms. The minimum Gasteiger partial charge on any atom is -0.308 e. The van der Waals surface area contributed by atoms with Gasteiger partial charge in [-0.2, -0.15) is 11.8 Å². The molecule has 0 aromatic carbocycles. The van der Waals surface area contributed by atoms with E-state index >= 15 is 0 Å². The maximum atomic E-state index is 3.85. The van der Waals surface area contributed by atoms with Crippen LogP contribution in [0.5, 0.6) is 0 Å². The molecule has 0 aromatic rings. The molecule has 1 rings (SSSR count). The summed E-state index contributed by atoms with van der Waals surface area (Å²) in [5.41, 5.74) is 0.702. The number of piperazine rings is 1. The van der Waals surface area contributed by atoms with Crippen molar-refractivity contribution in [3.8, 4) is 0 Å². The van der Waals surface area contributed by atoms with E-state index in [1.165, 1.54) is 43.9 Å². The van der Waals surface area contributed by atoms with Crippen molar-refractivity contribution in [1.29, 1.82) is 0 Å². The third kappa shape index (κ3) is 3.64. The zero-order valence-electron chi connectivity index (χ0n) is 13.0. The lowest BCUT2D eigenvalue weighted by molar-refractivity contribution is 0.0142. The van der Waals surface area contributed by atoms with Gasteiger partial charge in [-0.25, -0.2) is 0 Å². The van der Waals surface area contributed by atoms with Crippen molar-refractivity contribution < 1.29 is 0 Å². The van der Waals surface area contributed by atoms with Gasteiger partial charge in [0.25, 0.3) is 0 Å². The Morgan fingerprint density at radius 2 is 1.78 bits per heavy atom. The van der Waals surface area contributed by atoms with Crippen molar-refractivity contribution in [2.45, 2.75) is 65.0 Å². The number of thioether (sulfide) groups is 1. The van der Waals surface area contributed by atoms with Crippen molar-refractivity contribution in [1.82, 2.24) is 10.2 Å². The molecule has 0 radical (unpaired) electrons. The van der Waals surface area contributed by atoms with Gasteiger partial charge in [-0.05, 0) is 31.9 Å². The highest BCUT2D eigenvalue weighted by atomic mass is 32.2. The van der Waals surface area contributed by atoms with Gasteiger partial charge in [-0.3, -0.25) is 4.90 Å². The molecule has 1 heterocycles. The lowest BCUT2D eigenvalue weighted by Gasteiger charge is -2.53. The van der Waals surface area contributed by atoms with Crippen LogP contribution >= 0.6 is 11.8 Å². The van der Waals surface area contributed by atoms with Gasteiger partial charge in [0.05, 0.1) is 0 Å². The van der Waals surface area contributed by atoms with Gasteiger partial charge in [-0.15, -0.1) is 0 Å². The van der Waals surface area contributed by atoms with Gasteiger partial charge in [-0.1, -0.05) is 27.7 Å². The molecular weight excluding hydrogens is 240 g/mol. The molecule has 1 N–H and O–H groups in total. The highest BCUT2D eigenvalue weighted by molar-refractivity contribution is 7.99.